The standard InChI is InChI=1S/C19H26N6O/c1-24-17(7-10-20-24)19(26)21-15-8-11-25(12-9-15)18-13-16(22-23-18)14-5-3-2-4-6-14/h2-7,10,15-16,18,22-23H,8-9,11-13H2,1H3,(H,21,26). The number of amides is 1. The number of hydrogen-bond donors (Lipinski definition) is 3. The van der Waals surface area contributed by atoms with E-state index in [2.05, 4.69) is 50.4 Å². The number of nitrogens with one attached hydrogen (secondary N) is 3. The Labute approximate surface area is 153 Å². The van der Waals surface area contributed by atoms with E-state index in [1.807, 2.05) is 6.07 Å². The van der Waals surface area contributed by atoms with E-state index in [-0.39, 0.29) is 11.9 Å². The third-order valence-electron chi connectivity index (χ3n) is 5.44. The molecule has 2 aromatic rings. The third kappa shape index (κ3) is 3.65. The van der Waals surface area contributed by atoms with E-state index in [0.717, 1.165) is 32.4 Å². The fraction of sp³-hybridized carbons (Fsp3) is 0.474. The van der Waals surface area contributed by atoms with E-state index in [0.29, 0.717) is 17.9 Å². The van der Waals surface area contributed by atoms with Gasteiger partial charge in [0.05, 0.1) is 6.17 Å². The fourth-order valence-corrected chi connectivity index (χ4v) is 3.89. The molecule has 0 bridgehead atoms. The predicted molar refractivity (Wildman–Crippen MR) is 99.1 cm³/mol. The highest BCUT2D eigenvalue weighted by atomic mass is 16.2. The van der Waals surface area contributed by atoms with Gasteiger partial charge in [0.2, 0.25) is 0 Å². The van der Waals surface area contributed by atoms with Gasteiger partial charge in [0.25, 0.3) is 5.91 Å². The minimum absolute atomic E-state index is 0.0340. The Kier molecular flexibility index (Phi) is 5.01. The van der Waals surface area contributed by atoms with Crippen molar-refractivity contribution < 1.29 is 4.79 Å². The minimum Gasteiger partial charge on any atom is -0.348 e. The first-order valence-corrected chi connectivity index (χ1v) is 9.29. The Morgan fingerprint density at radius 3 is 2.62 bits per heavy atom. The van der Waals surface area contributed by atoms with E-state index >= 15 is 0 Å². The zero-order valence-electron chi connectivity index (χ0n) is 15.1. The normalized spacial score (nSPS) is 24.7. The maximum atomic E-state index is 12.3. The Bertz CT molecular complexity index is 737. The number of carbonyl (C=O) groups excluding carboxylic acids is 1. The van der Waals surface area contributed by atoms with Crippen molar-refractivity contribution in [3.8, 4) is 0 Å². The van der Waals surface area contributed by atoms with Crippen LogP contribution in [0, 0.1) is 0 Å². The average molecular weight is 354 g/mol. The molecule has 2 aliphatic rings. The zero-order chi connectivity index (χ0) is 17.9. The molecule has 2 saturated heterocycles. The van der Waals surface area contributed by atoms with E-state index < -0.39 is 0 Å². The van der Waals surface area contributed by atoms with Crippen LogP contribution in [0.15, 0.2) is 42.6 Å². The molecule has 7 heteroatoms. The van der Waals surface area contributed by atoms with Crippen LogP contribution in [-0.2, 0) is 7.05 Å². The Balaban J connectivity index is 1.26. The molecule has 0 saturated carbocycles. The average Bonchev–Trinajstić information content (AvgIpc) is 3.32. The molecule has 7 nitrogen and oxygen atoms in total. The predicted octanol–water partition coefficient (Wildman–Crippen LogP) is 1.18. The van der Waals surface area contributed by atoms with E-state index in [9.17, 15) is 4.79 Å². The second kappa shape index (κ2) is 7.57. The van der Waals surface area contributed by atoms with Crippen molar-refractivity contribution in [3.05, 3.63) is 53.9 Å². The molecular formula is C19H26N6O. The molecule has 0 spiro atoms. The maximum Gasteiger partial charge on any atom is 0.269 e. The molecule has 138 valence electrons. The lowest BCUT2D eigenvalue weighted by molar-refractivity contribution is 0.0871. The van der Waals surface area contributed by atoms with Gasteiger partial charge in [-0.3, -0.25) is 14.4 Å². The number of nitrogens with zero attached hydrogens (tertiary/aromatic N) is 3. The van der Waals surface area contributed by atoms with Gasteiger partial charge in [0.15, 0.2) is 0 Å². The number of likely N-dealkylation sites (tertiary alicyclic amines) is 1. The molecule has 1 aromatic heterocycles. The first-order valence-electron chi connectivity index (χ1n) is 9.29. The van der Waals surface area contributed by atoms with Crippen molar-refractivity contribution in [1.82, 2.24) is 30.8 Å². The lowest BCUT2D eigenvalue weighted by Gasteiger charge is -2.35. The number of aromatic nitrogens is 2. The molecule has 26 heavy (non-hydrogen) atoms. The molecule has 3 heterocycles. The minimum atomic E-state index is -0.0340. The van der Waals surface area contributed by atoms with Crippen LogP contribution in [0.4, 0.5) is 0 Å². The first kappa shape index (κ1) is 17.2. The molecule has 2 fully saturated rings. The second-order valence-corrected chi connectivity index (χ2v) is 7.13. The fourth-order valence-electron chi connectivity index (χ4n) is 3.89. The molecule has 2 aliphatic heterocycles. The monoisotopic (exact) mass is 354 g/mol. The number of hydrogen-bond acceptors (Lipinski definition) is 5. The topological polar surface area (TPSA) is 74.2 Å². The molecule has 2 atom stereocenters. The van der Waals surface area contributed by atoms with Crippen molar-refractivity contribution in [1.29, 1.82) is 0 Å². The summed E-state index contributed by atoms with van der Waals surface area (Å²) in [5.41, 5.74) is 8.79. The van der Waals surface area contributed by atoms with Gasteiger partial charge in [0, 0.05) is 38.4 Å². The first-order chi connectivity index (χ1) is 12.7. The largest absolute Gasteiger partial charge is 0.348 e. The van der Waals surface area contributed by atoms with E-state index in [1.54, 1.807) is 24.0 Å². The summed E-state index contributed by atoms with van der Waals surface area (Å²) in [7, 11) is 1.79. The van der Waals surface area contributed by atoms with Gasteiger partial charge >= 0.3 is 0 Å². The van der Waals surface area contributed by atoms with Crippen molar-refractivity contribution in [2.24, 2.45) is 7.05 Å². The smallest absolute Gasteiger partial charge is 0.269 e. The number of piperidine rings is 1. The summed E-state index contributed by atoms with van der Waals surface area (Å²) in [4.78, 5) is 14.8. The Hall–Kier alpha value is -2.22. The lowest BCUT2D eigenvalue weighted by atomic mass is 10.0. The van der Waals surface area contributed by atoms with Gasteiger partial charge in [-0.1, -0.05) is 30.3 Å². The van der Waals surface area contributed by atoms with Gasteiger partial charge in [-0.05, 0) is 30.9 Å². The number of rotatable bonds is 4. The molecule has 3 N–H and O–H groups in total. The summed E-state index contributed by atoms with van der Waals surface area (Å²) >= 11 is 0. The van der Waals surface area contributed by atoms with Crippen LogP contribution in [0.25, 0.3) is 0 Å². The van der Waals surface area contributed by atoms with E-state index in [4.69, 9.17) is 0 Å². The van der Waals surface area contributed by atoms with Gasteiger partial charge in [-0.25, -0.2) is 10.9 Å². The van der Waals surface area contributed by atoms with Crippen LogP contribution in [-0.4, -0.2) is 45.9 Å². The Morgan fingerprint density at radius 2 is 1.92 bits per heavy atom. The van der Waals surface area contributed by atoms with Gasteiger partial charge in [0.1, 0.15) is 5.69 Å². The summed E-state index contributed by atoms with van der Waals surface area (Å²) < 4.78 is 1.61. The van der Waals surface area contributed by atoms with Crippen molar-refractivity contribution in [3.63, 3.8) is 0 Å². The number of carbonyl (C=O) groups is 1. The molecule has 1 amide bonds. The maximum absolute atomic E-state index is 12.3. The molecule has 4 rings (SSSR count). The van der Waals surface area contributed by atoms with Crippen LogP contribution in [0.5, 0.6) is 0 Å². The number of hydrazine groups is 1. The van der Waals surface area contributed by atoms with E-state index in [1.165, 1.54) is 5.56 Å². The molecule has 1 aromatic carbocycles. The molecular weight excluding hydrogens is 328 g/mol. The van der Waals surface area contributed by atoms with Crippen LogP contribution in [0.2, 0.25) is 0 Å². The molecule has 0 aliphatic carbocycles. The Morgan fingerprint density at radius 1 is 1.15 bits per heavy atom. The lowest BCUT2D eigenvalue weighted by Crippen LogP contribution is -2.51. The second-order valence-electron chi connectivity index (χ2n) is 7.13. The quantitative estimate of drug-likeness (QED) is 0.769. The number of aryl methyl sites for hydroxylation is 1. The summed E-state index contributed by atoms with van der Waals surface area (Å²) in [5, 5.41) is 7.20. The van der Waals surface area contributed by atoms with Crippen molar-refractivity contribution >= 4 is 5.91 Å². The highest BCUT2D eigenvalue weighted by Gasteiger charge is 2.32. The SMILES string of the molecule is Cn1nccc1C(=O)NC1CCN(C2CC(c3ccccc3)NN2)CC1. The highest BCUT2D eigenvalue weighted by molar-refractivity contribution is 5.92. The highest BCUT2D eigenvalue weighted by Crippen LogP contribution is 2.25. The van der Waals surface area contributed by atoms with Crippen LogP contribution in [0.1, 0.15) is 41.4 Å². The zero-order valence-corrected chi connectivity index (χ0v) is 15.1. The van der Waals surface area contributed by atoms with Gasteiger partial charge < -0.3 is 5.32 Å². The summed E-state index contributed by atoms with van der Waals surface area (Å²) in [6.45, 7) is 1.97. The van der Waals surface area contributed by atoms with Gasteiger partial charge in [-0.15, -0.1) is 0 Å². The number of benzene rings is 1. The van der Waals surface area contributed by atoms with Gasteiger partial charge in [-0.2, -0.15) is 5.10 Å². The summed E-state index contributed by atoms with van der Waals surface area (Å²) in [6, 6.07) is 12.9. The van der Waals surface area contributed by atoms with Crippen LogP contribution >= 0.6 is 0 Å². The molecule has 0 radical (unpaired) electrons. The van der Waals surface area contributed by atoms with Crippen molar-refractivity contribution in [2.75, 3.05) is 13.1 Å². The van der Waals surface area contributed by atoms with Crippen LogP contribution in [0.3, 0.4) is 0 Å². The summed E-state index contributed by atoms with van der Waals surface area (Å²) in [5.74, 6) is -0.0340. The van der Waals surface area contributed by atoms with Crippen LogP contribution < -0.4 is 16.2 Å². The third-order valence-corrected chi connectivity index (χ3v) is 5.44. The summed E-state index contributed by atoms with van der Waals surface area (Å²) in [6.07, 6.45) is 4.99. The molecule has 2 unspecified atom stereocenters. The van der Waals surface area contributed by atoms with Crippen molar-refractivity contribution in [2.45, 2.75) is 37.5 Å².